The van der Waals surface area contributed by atoms with Gasteiger partial charge in [-0.15, -0.1) is 0 Å². The maximum atomic E-state index is 12.0. The molecule has 0 radical (unpaired) electrons. The monoisotopic (exact) mass is 284 g/mol. The van der Waals surface area contributed by atoms with Crippen LogP contribution < -0.4 is 5.32 Å². The zero-order valence-corrected chi connectivity index (χ0v) is 14.3. The molecule has 1 aliphatic heterocycles. The molecule has 0 aromatic rings. The summed E-state index contributed by atoms with van der Waals surface area (Å²) in [7, 11) is 0. The third kappa shape index (κ3) is 6.12. The zero-order valence-electron chi connectivity index (χ0n) is 14.3. The van der Waals surface area contributed by atoms with Crippen molar-refractivity contribution in [3.63, 3.8) is 0 Å². The smallest absolute Gasteiger partial charge is 0.410 e. The Morgan fingerprint density at radius 1 is 1.15 bits per heavy atom. The zero-order chi connectivity index (χ0) is 15.6. The second-order valence-corrected chi connectivity index (χ2v) is 8.44. The molecule has 1 saturated heterocycles. The number of carbonyl (C=O) groups is 1. The molecule has 1 heterocycles. The van der Waals surface area contributed by atoms with E-state index < -0.39 is 5.60 Å². The van der Waals surface area contributed by atoms with Gasteiger partial charge in [0.05, 0.1) is 0 Å². The summed E-state index contributed by atoms with van der Waals surface area (Å²) in [4.78, 5) is 13.9. The molecule has 4 nitrogen and oxygen atoms in total. The van der Waals surface area contributed by atoms with Crippen LogP contribution in [0.5, 0.6) is 0 Å². The molecule has 0 unspecified atom stereocenters. The summed E-state index contributed by atoms with van der Waals surface area (Å²) in [5.41, 5.74) is -0.000575. The number of likely N-dealkylation sites (tertiary alicyclic amines) is 1. The van der Waals surface area contributed by atoms with E-state index in [2.05, 4.69) is 33.0 Å². The molecule has 20 heavy (non-hydrogen) atoms. The average Bonchev–Trinajstić information content (AvgIpc) is 2.24. The number of hydrogen-bond donors (Lipinski definition) is 1. The third-order valence-electron chi connectivity index (χ3n) is 3.56. The minimum Gasteiger partial charge on any atom is -0.444 e. The minimum atomic E-state index is -0.414. The summed E-state index contributed by atoms with van der Waals surface area (Å²) in [6.07, 6.45) is 1.76. The molecule has 0 bridgehead atoms. The van der Waals surface area contributed by atoms with Gasteiger partial charge < -0.3 is 15.0 Å². The van der Waals surface area contributed by atoms with Gasteiger partial charge in [0.15, 0.2) is 0 Å². The minimum absolute atomic E-state index is 0.131. The highest BCUT2D eigenvalue weighted by atomic mass is 16.6. The van der Waals surface area contributed by atoms with Gasteiger partial charge in [-0.3, -0.25) is 0 Å². The summed E-state index contributed by atoms with van der Waals surface area (Å²) >= 11 is 0. The van der Waals surface area contributed by atoms with E-state index in [0.29, 0.717) is 0 Å². The Morgan fingerprint density at radius 2 is 1.65 bits per heavy atom. The normalized spacial score (nSPS) is 19.9. The number of nitrogens with zero attached hydrogens (tertiary/aromatic N) is 1. The first-order valence-electron chi connectivity index (χ1n) is 7.63. The number of nitrogens with one attached hydrogen (secondary N) is 1. The van der Waals surface area contributed by atoms with Crippen molar-refractivity contribution in [1.82, 2.24) is 10.2 Å². The predicted octanol–water partition coefficient (Wildman–Crippen LogP) is 3.41. The number of hydrogen-bond acceptors (Lipinski definition) is 3. The van der Waals surface area contributed by atoms with Gasteiger partial charge >= 0.3 is 6.09 Å². The fourth-order valence-electron chi connectivity index (χ4n) is 2.16. The Labute approximate surface area is 124 Å². The first-order chi connectivity index (χ1) is 8.90. The van der Waals surface area contributed by atoms with E-state index in [0.717, 1.165) is 32.5 Å². The van der Waals surface area contributed by atoms with Crippen LogP contribution in [0.1, 0.15) is 61.3 Å². The molecular weight excluding hydrogens is 252 g/mol. The van der Waals surface area contributed by atoms with Crippen molar-refractivity contribution < 1.29 is 9.53 Å². The summed E-state index contributed by atoms with van der Waals surface area (Å²) in [6, 6.07) is 0. The predicted molar refractivity (Wildman–Crippen MR) is 82.9 cm³/mol. The van der Waals surface area contributed by atoms with Crippen molar-refractivity contribution in [3.8, 4) is 0 Å². The molecule has 0 aromatic carbocycles. The number of rotatable bonds is 2. The molecule has 1 rings (SSSR count). The highest BCUT2D eigenvalue weighted by Crippen LogP contribution is 2.24. The lowest BCUT2D eigenvalue weighted by Gasteiger charge is -2.41. The van der Waals surface area contributed by atoms with Crippen LogP contribution in [0, 0.1) is 5.41 Å². The van der Waals surface area contributed by atoms with E-state index in [4.69, 9.17) is 4.74 Å². The van der Waals surface area contributed by atoms with E-state index in [1.165, 1.54) is 0 Å². The van der Waals surface area contributed by atoms with E-state index in [1.807, 2.05) is 25.7 Å². The largest absolute Gasteiger partial charge is 0.444 e. The SMILES string of the molecule is CC(C)(C)CNC1(C)CCN(C(=O)OC(C)(C)C)CC1. The quantitative estimate of drug-likeness (QED) is 0.845. The first-order valence-corrected chi connectivity index (χ1v) is 7.63. The van der Waals surface area contributed by atoms with Gasteiger partial charge in [0.2, 0.25) is 0 Å². The highest BCUT2D eigenvalue weighted by Gasteiger charge is 2.33. The van der Waals surface area contributed by atoms with E-state index >= 15 is 0 Å². The van der Waals surface area contributed by atoms with Crippen molar-refractivity contribution in [2.45, 2.75) is 72.4 Å². The highest BCUT2D eigenvalue weighted by molar-refractivity contribution is 5.68. The number of piperidine rings is 1. The van der Waals surface area contributed by atoms with Gasteiger partial charge in [-0.2, -0.15) is 0 Å². The van der Waals surface area contributed by atoms with Crippen LogP contribution in [-0.2, 0) is 4.74 Å². The van der Waals surface area contributed by atoms with Crippen molar-refractivity contribution in [1.29, 1.82) is 0 Å². The second-order valence-electron chi connectivity index (χ2n) is 8.44. The molecule has 0 aromatic heterocycles. The Morgan fingerprint density at radius 3 is 2.05 bits per heavy atom. The number of amides is 1. The summed E-state index contributed by atoms with van der Waals surface area (Å²) in [6.45, 7) is 17.2. The van der Waals surface area contributed by atoms with Crippen molar-refractivity contribution >= 4 is 6.09 Å². The fourth-order valence-corrected chi connectivity index (χ4v) is 2.16. The molecule has 0 atom stereocenters. The van der Waals surface area contributed by atoms with E-state index in [1.54, 1.807) is 0 Å². The van der Waals surface area contributed by atoms with Crippen LogP contribution in [0.25, 0.3) is 0 Å². The summed E-state index contributed by atoms with van der Waals surface area (Å²) in [5.74, 6) is 0. The van der Waals surface area contributed by atoms with Gasteiger partial charge in [-0.1, -0.05) is 20.8 Å². The lowest BCUT2D eigenvalue weighted by Crippen LogP contribution is -2.54. The third-order valence-corrected chi connectivity index (χ3v) is 3.56. The molecule has 0 saturated carbocycles. The van der Waals surface area contributed by atoms with E-state index in [9.17, 15) is 4.79 Å². The van der Waals surface area contributed by atoms with Gasteiger partial charge in [0.1, 0.15) is 5.60 Å². The average molecular weight is 284 g/mol. The molecule has 1 fully saturated rings. The van der Waals surface area contributed by atoms with E-state index in [-0.39, 0.29) is 17.0 Å². The Bertz CT molecular complexity index is 331. The van der Waals surface area contributed by atoms with Gasteiger partial charge in [-0.05, 0) is 46.0 Å². The molecule has 0 spiro atoms. The Kier molecular flexibility index (Phi) is 5.12. The van der Waals surface area contributed by atoms with Crippen molar-refractivity contribution in [3.05, 3.63) is 0 Å². The van der Waals surface area contributed by atoms with Crippen LogP contribution in [0.3, 0.4) is 0 Å². The van der Waals surface area contributed by atoms with Gasteiger partial charge in [0, 0.05) is 25.2 Å². The maximum absolute atomic E-state index is 12.0. The molecule has 1 amide bonds. The Balaban J connectivity index is 2.44. The molecule has 118 valence electrons. The van der Waals surface area contributed by atoms with Crippen molar-refractivity contribution in [2.75, 3.05) is 19.6 Å². The second kappa shape index (κ2) is 5.92. The first kappa shape index (κ1) is 17.3. The van der Waals surface area contributed by atoms with Crippen LogP contribution in [0.15, 0.2) is 0 Å². The molecule has 1 aliphatic rings. The van der Waals surface area contributed by atoms with Gasteiger partial charge in [0.25, 0.3) is 0 Å². The van der Waals surface area contributed by atoms with Crippen LogP contribution in [0.2, 0.25) is 0 Å². The summed E-state index contributed by atoms with van der Waals surface area (Å²) < 4.78 is 5.43. The molecule has 0 aliphatic carbocycles. The lowest BCUT2D eigenvalue weighted by atomic mass is 9.87. The maximum Gasteiger partial charge on any atom is 0.410 e. The van der Waals surface area contributed by atoms with Crippen LogP contribution >= 0.6 is 0 Å². The van der Waals surface area contributed by atoms with Gasteiger partial charge in [-0.25, -0.2) is 4.79 Å². The topological polar surface area (TPSA) is 41.6 Å². The van der Waals surface area contributed by atoms with Crippen LogP contribution in [-0.4, -0.2) is 41.8 Å². The molecule has 4 heteroatoms. The Hall–Kier alpha value is -0.770. The standard InChI is InChI=1S/C16H32N2O2/c1-14(2,3)12-17-16(7)8-10-18(11-9-16)13(19)20-15(4,5)6/h17H,8-12H2,1-7H3. The number of ether oxygens (including phenoxy) is 1. The van der Waals surface area contributed by atoms with Crippen LogP contribution in [0.4, 0.5) is 4.79 Å². The lowest BCUT2D eigenvalue weighted by molar-refractivity contribution is 0.0153. The summed E-state index contributed by atoms with van der Waals surface area (Å²) in [5, 5.41) is 3.67. The fraction of sp³-hybridized carbons (Fsp3) is 0.938. The number of carbonyl (C=O) groups excluding carboxylic acids is 1. The molecular formula is C16H32N2O2. The van der Waals surface area contributed by atoms with Crippen molar-refractivity contribution in [2.24, 2.45) is 5.41 Å². The molecule has 1 N–H and O–H groups in total.